The summed E-state index contributed by atoms with van der Waals surface area (Å²) in [6, 6.07) is 0. The molecule has 2 unspecified atom stereocenters. The summed E-state index contributed by atoms with van der Waals surface area (Å²) in [5.41, 5.74) is 0. The van der Waals surface area contributed by atoms with Crippen LogP contribution in [0, 0.1) is 11.8 Å². The minimum Gasteiger partial charge on any atom is -0.316 e. The van der Waals surface area contributed by atoms with E-state index in [1.54, 1.807) is 0 Å². The molecule has 1 saturated carbocycles. The lowest BCUT2D eigenvalue weighted by atomic mass is 9.75. The van der Waals surface area contributed by atoms with Gasteiger partial charge in [0.2, 0.25) is 0 Å². The molecule has 2 aliphatic rings. The maximum absolute atomic E-state index is 11.4. The lowest BCUT2D eigenvalue weighted by Crippen LogP contribution is -2.42. The van der Waals surface area contributed by atoms with E-state index in [2.05, 4.69) is 5.32 Å². The highest BCUT2D eigenvalue weighted by atomic mass is 16.1. The van der Waals surface area contributed by atoms with Crippen LogP contribution < -0.4 is 5.32 Å². The van der Waals surface area contributed by atoms with Gasteiger partial charge < -0.3 is 5.32 Å². The van der Waals surface area contributed by atoms with E-state index in [0.29, 0.717) is 17.6 Å². The van der Waals surface area contributed by atoms with Crippen LogP contribution in [0.3, 0.4) is 0 Å². The van der Waals surface area contributed by atoms with Crippen LogP contribution in [0.2, 0.25) is 0 Å². The minimum atomic E-state index is 0.421. The van der Waals surface area contributed by atoms with Crippen molar-refractivity contribution in [1.29, 1.82) is 0 Å². The molecule has 1 saturated heterocycles. The number of carbonyl (C=O) groups is 1. The van der Waals surface area contributed by atoms with Gasteiger partial charge in [-0.15, -0.1) is 0 Å². The summed E-state index contributed by atoms with van der Waals surface area (Å²) in [6.07, 6.45) is 4.33. The van der Waals surface area contributed by atoms with Gasteiger partial charge in [-0.1, -0.05) is 0 Å². The summed E-state index contributed by atoms with van der Waals surface area (Å²) in [5, 5.41) is 3.35. The number of nitrogens with one attached hydrogen (secondary N) is 1. The van der Waals surface area contributed by atoms with Crippen molar-refractivity contribution in [2.24, 2.45) is 11.8 Å². The third-order valence-corrected chi connectivity index (χ3v) is 3.02. The summed E-state index contributed by atoms with van der Waals surface area (Å²) in [7, 11) is 0. The van der Waals surface area contributed by atoms with E-state index in [-0.39, 0.29) is 0 Å². The van der Waals surface area contributed by atoms with Gasteiger partial charge in [-0.05, 0) is 38.3 Å². The summed E-state index contributed by atoms with van der Waals surface area (Å²) in [5.74, 6) is 1.62. The first-order chi connectivity index (χ1) is 5.38. The predicted molar refractivity (Wildman–Crippen MR) is 43.3 cm³/mol. The number of fused-ring (bicyclic) bond motifs is 1. The Morgan fingerprint density at radius 2 is 2.27 bits per heavy atom. The van der Waals surface area contributed by atoms with Crippen LogP contribution >= 0.6 is 0 Å². The Kier molecular flexibility index (Phi) is 1.95. The molecular formula is C9H15NO. The van der Waals surface area contributed by atoms with E-state index in [9.17, 15) is 4.79 Å². The van der Waals surface area contributed by atoms with Gasteiger partial charge in [-0.2, -0.15) is 0 Å². The first-order valence-corrected chi connectivity index (χ1v) is 4.61. The van der Waals surface area contributed by atoms with Crippen molar-refractivity contribution < 1.29 is 4.79 Å². The van der Waals surface area contributed by atoms with Gasteiger partial charge in [0.15, 0.2) is 0 Å². The molecule has 0 radical (unpaired) electrons. The zero-order valence-corrected chi connectivity index (χ0v) is 6.81. The van der Waals surface area contributed by atoms with Crippen LogP contribution in [0.5, 0.6) is 0 Å². The van der Waals surface area contributed by atoms with Gasteiger partial charge in [0.25, 0.3) is 0 Å². The van der Waals surface area contributed by atoms with Gasteiger partial charge in [0, 0.05) is 12.3 Å². The topological polar surface area (TPSA) is 29.1 Å². The fourth-order valence-corrected chi connectivity index (χ4v) is 2.37. The second-order valence-corrected chi connectivity index (χ2v) is 3.72. The molecule has 2 fully saturated rings. The normalized spacial score (nSPS) is 38.4. The van der Waals surface area contributed by atoms with Crippen LogP contribution in [-0.2, 0) is 4.79 Å². The van der Waals surface area contributed by atoms with Crippen molar-refractivity contribution in [2.75, 3.05) is 13.1 Å². The van der Waals surface area contributed by atoms with E-state index in [1.807, 2.05) is 0 Å². The van der Waals surface area contributed by atoms with Crippen molar-refractivity contribution in [3.8, 4) is 0 Å². The molecule has 0 aromatic carbocycles. The highest BCUT2D eigenvalue weighted by Gasteiger charge is 2.32. The molecule has 11 heavy (non-hydrogen) atoms. The van der Waals surface area contributed by atoms with Crippen molar-refractivity contribution >= 4 is 5.78 Å². The largest absolute Gasteiger partial charge is 0.316 e. The molecule has 2 atom stereocenters. The average molecular weight is 153 g/mol. The van der Waals surface area contributed by atoms with Crippen LogP contribution in [0.1, 0.15) is 25.7 Å². The molecule has 1 N–H and O–H groups in total. The second-order valence-electron chi connectivity index (χ2n) is 3.72. The zero-order chi connectivity index (χ0) is 7.68. The number of rotatable bonds is 0. The Morgan fingerprint density at radius 1 is 1.36 bits per heavy atom. The van der Waals surface area contributed by atoms with Gasteiger partial charge >= 0.3 is 0 Å². The van der Waals surface area contributed by atoms with Crippen LogP contribution in [0.25, 0.3) is 0 Å². The summed E-state index contributed by atoms with van der Waals surface area (Å²) < 4.78 is 0. The first-order valence-electron chi connectivity index (χ1n) is 4.61. The van der Waals surface area contributed by atoms with Crippen LogP contribution in [0.4, 0.5) is 0 Å². The Bertz CT molecular complexity index is 165. The van der Waals surface area contributed by atoms with E-state index in [4.69, 9.17) is 0 Å². The molecule has 2 nitrogen and oxygen atoms in total. The Morgan fingerprint density at radius 3 is 3.09 bits per heavy atom. The Labute approximate surface area is 67.4 Å². The average Bonchev–Trinajstić information content (AvgIpc) is 2.06. The predicted octanol–water partition coefficient (Wildman–Crippen LogP) is 0.965. The number of hydrogen-bond acceptors (Lipinski definition) is 2. The lowest BCUT2D eigenvalue weighted by molar-refractivity contribution is -0.127. The molecule has 0 amide bonds. The lowest BCUT2D eigenvalue weighted by Gasteiger charge is -2.34. The van der Waals surface area contributed by atoms with Crippen LogP contribution in [-0.4, -0.2) is 18.9 Å². The molecule has 0 aromatic rings. The fourth-order valence-electron chi connectivity index (χ4n) is 2.37. The smallest absolute Gasteiger partial charge is 0.136 e. The number of carbonyl (C=O) groups excluding carboxylic acids is 1. The highest BCUT2D eigenvalue weighted by Crippen LogP contribution is 2.30. The highest BCUT2D eigenvalue weighted by molar-refractivity contribution is 5.82. The zero-order valence-electron chi connectivity index (χ0n) is 6.81. The summed E-state index contributed by atoms with van der Waals surface area (Å²) in [6.45, 7) is 2.13. The molecule has 1 heterocycles. The third kappa shape index (κ3) is 1.32. The minimum absolute atomic E-state index is 0.421. The molecule has 1 aliphatic carbocycles. The fraction of sp³-hybridized carbons (Fsp3) is 0.889. The maximum Gasteiger partial charge on any atom is 0.136 e. The number of piperidine rings is 1. The SMILES string of the molecule is O=C1CCCC2CNCCC12. The van der Waals surface area contributed by atoms with Crippen molar-refractivity contribution in [1.82, 2.24) is 5.32 Å². The third-order valence-electron chi connectivity index (χ3n) is 3.02. The van der Waals surface area contributed by atoms with E-state index < -0.39 is 0 Å². The first kappa shape index (κ1) is 7.29. The van der Waals surface area contributed by atoms with Gasteiger partial charge in [-0.3, -0.25) is 4.79 Å². The molecule has 1 aliphatic heterocycles. The summed E-state index contributed by atoms with van der Waals surface area (Å²) in [4.78, 5) is 11.4. The number of Topliss-reactive ketones (excluding diaryl/α,β-unsaturated/α-hetero) is 1. The molecule has 2 heteroatoms. The monoisotopic (exact) mass is 153 g/mol. The van der Waals surface area contributed by atoms with Gasteiger partial charge in [0.1, 0.15) is 5.78 Å². The standard InChI is InChI=1S/C9H15NO/c11-9-3-1-2-7-6-10-5-4-8(7)9/h7-8,10H,1-6H2. The molecule has 0 bridgehead atoms. The van der Waals surface area contributed by atoms with E-state index in [1.165, 1.54) is 6.42 Å². The molecule has 0 spiro atoms. The maximum atomic E-state index is 11.4. The molecular weight excluding hydrogens is 138 g/mol. The Hall–Kier alpha value is -0.370. The van der Waals surface area contributed by atoms with E-state index in [0.717, 1.165) is 32.4 Å². The Balaban J connectivity index is 2.05. The molecule has 2 rings (SSSR count). The quantitative estimate of drug-likeness (QED) is 0.561. The van der Waals surface area contributed by atoms with Crippen molar-refractivity contribution in [3.05, 3.63) is 0 Å². The summed E-state index contributed by atoms with van der Waals surface area (Å²) >= 11 is 0. The van der Waals surface area contributed by atoms with Gasteiger partial charge in [-0.25, -0.2) is 0 Å². The van der Waals surface area contributed by atoms with Crippen LogP contribution in [0.15, 0.2) is 0 Å². The second kappa shape index (κ2) is 2.94. The van der Waals surface area contributed by atoms with Gasteiger partial charge in [0.05, 0.1) is 0 Å². The number of hydrogen-bond donors (Lipinski definition) is 1. The molecule has 0 aromatic heterocycles. The van der Waals surface area contributed by atoms with Crippen molar-refractivity contribution in [3.63, 3.8) is 0 Å². The van der Waals surface area contributed by atoms with E-state index >= 15 is 0 Å². The molecule has 62 valence electrons. The number of ketones is 1. The van der Waals surface area contributed by atoms with Crippen molar-refractivity contribution in [2.45, 2.75) is 25.7 Å².